The van der Waals surface area contributed by atoms with Crippen LogP contribution in [0.5, 0.6) is 0 Å². The van der Waals surface area contributed by atoms with Gasteiger partial charge in [0.2, 0.25) is 5.71 Å². The molecule has 0 fully saturated rings. The van der Waals surface area contributed by atoms with Crippen LogP contribution in [-0.4, -0.2) is 9.13 Å². The van der Waals surface area contributed by atoms with Crippen molar-refractivity contribution in [2.45, 2.75) is 0 Å². The van der Waals surface area contributed by atoms with Crippen molar-refractivity contribution in [3.05, 3.63) is 146 Å². The van der Waals surface area contributed by atoms with Gasteiger partial charge < -0.3 is 8.98 Å². The maximum absolute atomic E-state index is 6.52. The lowest BCUT2D eigenvalue weighted by Crippen LogP contribution is -1.94. The second-order valence-electron chi connectivity index (χ2n) is 10.6. The Kier molecular flexibility index (Phi) is 4.61. The number of hydrogen-bond acceptors (Lipinski definition) is 1. The van der Waals surface area contributed by atoms with Gasteiger partial charge in [-0.15, -0.1) is 0 Å². The molecule has 3 heteroatoms. The van der Waals surface area contributed by atoms with Gasteiger partial charge in [-0.2, -0.15) is 0 Å². The number of hydrogen-bond donors (Lipinski definition) is 0. The molecular formula is C38H24N2O. The van der Waals surface area contributed by atoms with Crippen LogP contribution in [0.1, 0.15) is 0 Å². The van der Waals surface area contributed by atoms with Crippen molar-refractivity contribution < 1.29 is 4.42 Å². The van der Waals surface area contributed by atoms with Crippen LogP contribution < -0.4 is 0 Å². The van der Waals surface area contributed by atoms with E-state index in [1.807, 2.05) is 6.07 Å². The number of benzene rings is 6. The molecule has 0 aliphatic carbocycles. The standard InChI is InChI=1S/C38H24N2O/c1-2-11-26(12-3-1)40-34-19-10-16-28(36(34)37-31-15-6-9-20-35(31)41-38(37)40)25-21-23-27(24-22-25)39-32-17-7-4-13-29(32)30-14-5-8-18-33(30)39/h1-24H. The molecule has 0 N–H and O–H groups in total. The van der Waals surface area contributed by atoms with Crippen molar-refractivity contribution in [2.24, 2.45) is 0 Å². The van der Waals surface area contributed by atoms with Gasteiger partial charge in [-0.25, -0.2) is 0 Å². The lowest BCUT2D eigenvalue weighted by atomic mass is 9.99. The van der Waals surface area contributed by atoms with Crippen LogP contribution in [0.2, 0.25) is 0 Å². The van der Waals surface area contributed by atoms with Crippen LogP contribution in [0, 0.1) is 0 Å². The van der Waals surface area contributed by atoms with Gasteiger partial charge in [-0.1, -0.05) is 97.1 Å². The minimum Gasteiger partial charge on any atom is -0.439 e. The fraction of sp³-hybridized carbons (Fsp3) is 0. The quantitative estimate of drug-likeness (QED) is 0.225. The molecule has 0 spiro atoms. The molecule has 3 aromatic heterocycles. The number of fused-ring (bicyclic) bond motifs is 8. The van der Waals surface area contributed by atoms with Gasteiger partial charge in [-0.05, 0) is 59.7 Å². The molecule has 0 bridgehead atoms. The molecule has 6 aromatic carbocycles. The molecule has 0 unspecified atom stereocenters. The molecule has 0 radical (unpaired) electrons. The van der Waals surface area contributed by atoms with Gasteiger partial charge in [0.05, 0.1) is 21.9 Å². The Labute approximate surface area is 236 Å². The van der Waals surface area contributed by atoms with Crippen molar-refractivity contribution in [3.63, 3.8) is 0 Å². The first-order chi connectivity index (χ1) is 20.4. The molecule has 0 saturated heterocycles. The highest BCUT2D eigenvalue weighted by atomic mass is 16.3. The van der Waals surface area contributed by atoms with Gasteiger partial charge in [0.1, 0.15) is 5.58 Å². The van der Waals surface area contributed by atoms with E-state index in [-0.39, 0.29) is 0 Å². The summed E-state index contributed by atoms with van der Waals surface area (Å²) in [6.45, 7) is 0. The first kappa shape index (κ1) is 22.3. The summed E-state index contributed by atoms with van der Waals surface area (Å²) >= 11 is 0. The maximum Gasteiger partial charge on any atom is 0.213 e. The first-order valence-corrected chi connectivity index (χ1v) is 14.0. The van der Waals surface area contributed by atoms with Gasteiger partial charge in [0, 0.05) is 32.9 Å². The largest absolute Gasteiger partial charge is 0.439 e. The maximum atomic E-state index is 6.52. The Morgan fingerprint density at radius 1 is 0.390 bits per heavy atom. The SMILES string of the molecule is c1ccc(-n2c3cccc(-c4ccc(-n5c6ccccc6c6ccccc65)cc4)c3c3c4ccccc4oc32)cc1. The molecule has 0 saturated carbocycles. The van der Waals surface area contributed by atoms with Crippen LogP contribution in [0.4, 0.5) is 0 Å². The Morgan fingerprint density at radius 2 is 0.976 bits per heavy atom. The Balaban J connectivity index is 1.30. The average molecular weight is 525 g/mol. The van der Waals surface area contributed by atoms with Gasteiger partial charge >= 0.3 is 0 Å². The topological polar surface area (TPSA) is 23.0 Å². The highest BCUT2D eigenvalue weighted by Crippen LogP contribution is 2.43. The molecule has 0 atom stereocenters. The highest BCUT2D eigenvalue weighted by molar-refractivity contribution is 6.24. The Bertz CT molecular complexity index is 2350. The van der Waals surface area contributed by atoms with Gasteiger partial charge in [0.15, 0.2) is 0 Å². The summed E-state index contributed by atoms with van der Waals surface area (Å²) in [5.41, 5.74) is 9.97. The molecule has 3 nitrogen and oxygen atoms in total. The van der Waals surface area contributed by atoms with Gasteiger partial charge in [0.25, 0.3) is 0 Å². The van der Waals surface area contributed by atoms with E-state index in [1.165, 1.54) is 38.3 Å². The predicted molar refractivity (Wildman–Crippen MR) is 170 cm³/mol. The fourth-order valence-corrected chi connectivity index (χ4v) is 6.59. The van der Waals surface area contributed by atoms with Crippen LogP contribution in [0.25, 0.3) is 77.3 Å². The van der Waals surface area contributed by atoms with E-state index >= 15 is 0 Å². The van der Waals surface area contributed by atoms with E-state index in [0.29, 0.717) is 0 Å². The van der Waals surface area contributed by atoms with Crippen molar-refractivity contribution in [1.82, 2.24) is 9.13 Å². The number of nitrogens with zero attached hydrogens (tertiary/aromatic N) is 2. The van der Waals surface area contributed by atoms with E-state index in [9.17, 15) is 0 Å². The fourth-order valence-electron chi connectivity index (χ4n) is 6.59. The molecule has 192 valence electrons. The van der Waals surface area contributed by atoms with E-state index in [2.05, 4.69) is 149 Å². The average Bonchev–Trinajstić information content (AvgIpc) is 3.68. The van der Waals surface area contributed by atoms with E-state index in [1.54, 1.807) is 0 Å². The summed E-state index contributed by atoms with van der Waals surface area (Å²) in [5, 5.41) is 6.04. The minimum atomic E-state index is 0.877. The third-order valence-electron chi connectivity index (χ3n) is 8.34. The van der Waals surface area contributed by atoms with Crippen molar-refractivity contribution in [1.29, 1.82) is 0 Å². The van der Waals surface area contributed by atoms with Crippen LogP contribution in [-0.2, 0) is 0 Å². The monoisotopic (exact) mass is 524 g/mol. The van der Waals surface area contributed by atoms with E-state index < -0.39 is 0 Å². The zero-order chi connectivity index (χ0) is 26.9. The molecule has 0 aliphatic heterocycles. The smallest absolute Gasteiger partial charge is 0.213 e. The summed E-state index contributed by atoms with van der Waals surface area (Å²) in [7, 11) is 0. The van der Waals surface area contributed by atoms with Crippen molar-refractivity contribution >= 4 is 54.8 Å². The van der Waals surface area contributed by atoms with E-state index in [0.717, 1.165) is 39.0 Å². The molecule has 0 amide bonds. The zero-order valence-electron chi connectivity index (χ0n) is 22.2. The summed E-state index contributed by atoms with van der Waals surface area (Å²) in [6, 6.07) is 51.7. The Hall–Kier alpha value is -5.54. The summed E-state index contributed by atoms with van der Waals surface area (Å²) < 4.78 is 11.1. The third kappa shape index (κ3) is 3.14. The first-order valence-electron chi connectivity index (χ1n) is 14.0. The zero-order valence-corrected chi connectivity index (χ0v) is 22.2. The van der Waals surface area contributed by atoms with Crippen molar-refractivity contribution in [3.8, 4) is 22.5 Å². The lowest BCUT2D eigenvalue weighted by Gasteiger charge is -2.11. The molecule has 9 rings (SSSR count). The molecule has 9 aromatic rings. The second kappa shape index (κ2) is 8.48. The number of furan rings is 1. The van der Waals surface area contributed by atoms with Crippen LogP contribution >= 0.6 is 0 Å². The molecular weight excluding hydrogens is 500 g/mol. The number of aromatic nitrogens is 2. The normalized spacial score (nSPS) is 11.9. The minimum absolute atomic E-state index is 0.877. The van der Waals surface area contributed by atoms with Crippen LogP contribution in [0.15, 0.2) is 150 Å². The predicted octanol–water partition coefficient (Wildman–Crippen LogP) is 10.3. The van der Waals surface area contributed by atoms with Crippen LogP contribution in [0.3, 0.4) is 0 Å². The summed E-state index contributed by atoms with van der Waals surface area (Å²) in [4.78, 5) is 0. The third-order valence-corrected chi connectivity index (χ3v) is 8.34. The number of para-hydroxylation sites is 4. The molecule has 41 heavy (non-hydrogen) atoms. The molecule has 0 aliphatic rings. The number of rotatable bonds is 3. The highest BCUT2D eigenvalue weighted by Gasteiger charge is 2.22. The summed E-state index contributed by atoms with van der Waals surface area (Å²) in [6.07, 6.45) is 0. The Morgan fingerprint density at radius 3 is 1.71 bits per heavy atom. The van der Waals surface area contributed by atoms with Crippen molar-refractivity contribution in [2.75, 3.05) is 0 Å². The molecule has 3 heterocycles. The second-order valence-corrected chi connectivity index (χ2v) is 10.6. The van der Waals surface area contributed by atoms with E-state index in [4.69, 9.17) is 4.42 Å². The summed E-state index contributed by atoms with van der Waals surface area (Å²) in [5.74, 6) is 0. The van der Waals surface area contributed by atoms with Gasteiger partial charge in [-0.3, -0.25) is 4.57 Å². The lowest BCUT2D eigenvalue weighted by molar-refractivity contribution is 0.645.